The van der Waals surface area contributed by atoms with Crippen molar-refractivity contribution in [2.24, 2.45) is 0 Å². The molecule has 17 heavy (non-hydrogen) atoms. The molecular formula is C12H16N4O. The molecule has 0 aliphatic carbocycles. The van der Waals surface area contributed by atoms with Crippen molar-refractivity contribution < 1.29 is 4.42 Å². The van der Waals surface area contributed by atoms with Crippen LogP contribution in [0, 0.1) is 6.92 Å². The molecule has 1 fully saturated rings. The number of likely N-dealkylation sites (tertiary alicyclic amines) is 1. The molecule has 0 amide bonds. The number of rotatable bonds is 3. The average Bonchev–Trinajstić information content (AvgIpc) is 3.00. The summed E-state index contributed by atoms with van der Waals surface area (Å²) >= 11 is 0. The van der Waals surface area contributed by atoms with E-state index in [0.717, 1.165) is 37.7 Å². The Kier molecular flexibility index (Phi) is 2.68. The van der Waals surface area contributed by atoms with E-state index in [1.807, 2.05) is 30.1 Å². The number of nitrogens with zero attached hydrogens (tertiary/aromatic N) is 4. The van der Waals surface area contributed by atoms with Gasteiger partial charge in [0.05, 0.1) is 18.8 Å². The van der Waals surface area contributed by atoms with Gasteiger partial charge in [-0.3, -0.25) is 9.58 Å². The zero-order valence-electron chi connectivity index (χ0n) is 9.91. The Morgan fingerprint density at radius 3 is 3.18 bits per heavy atom. The van der Waals surface area contributed by atoms with E-state index in [9.17, 15) is 0 Å². The standard InChI is InChI=1S/C12H16N4O/c1-10-7-13-12(17-10)9-15-6-3-11(8-15)16-5-2-4-14-16/h2,4-5,7,11H,3,6,8-9H2,1H3. The van der Waals surface area contributed by atoms with Crippen molar-refractivity contribution in [1.82, 2.24) is 19.7 Å². The van der Waals surface area contributed by atoms with E-state index in [-0.39, 0.29) is 0 Å². The minimum absolute atomic E-state index is 0.487. The number of oxazole rings is 1. The average molecular weight is 232 g/mol. The van der Waals surface area contributed by atoms with Gasteiger partial charge in [0.1, 0.15) is 5.76 Å². The lowest BCUT2D eigenvalue weighted by atomic mass is 10.3. The summed E-state index contributed by atoms with van der Waals surface area (Å²) in [6.07, 6.45) is 6.78. The summed E-state index contributed by atoms with van der Waals surface area (Å²) in [6, 6.07) is 2.46. The molecule has 90 valence electrons. The van der Waals surface area contributed by atoms with Crippen LogP contribution in [0.5, 0.6) is 0 Å². The van der Waals surface area contributed by atoms with Crippen LogP contribution in [0.2, 0.25) is 0 Å². The van der Waals surface area contributed by atoms with E-state index in [2.05, 4.69) is 15.0 Å². The predicted molar refractivity (Wildman–Crippen MR) is 62.4 cm³/mol. The number of hydrogen-bond acceptors (Lipinski definition) is 4. The Balaban J connectivity index is 1.61. The molecule has 1 saturated heterocycles. The van der Waals surface area contributed by atoms with Crippen molar-refractivity contribution in [3.05, 3.63) is 36.3 Å². The first kappa shape index (κ1) is 10.5. The highest BCUT2D eigenvalue weighted by Gasteiger charge is 2.24. The molecule has 3 heterocycles. The highest BCUT2D eigenvalue weighted by Crippen LogP contribution is 2.22. The Hall–Kier alpha value is -1.62. The van der Waals surface area contributed by atoms with E-state index in [1.165, 1.54) is 0 Å². The minimum Gasteiger partial charge on any atom is -0.445 e. The van der Waals surface area contributed by atoms with E-state index >= 15 is 0 Å². The molecule has 0 saturated carbocycles. The fourth-order valence-corrected chi connectivity index (χ4v) is 2.33. The number of hydrogen-bond donors (Lipinski definition) is 0. The van der Waals surface area contributed by atoms with Crippen LogP contribution in [0.25, 0.3) is 0 Å². The van der Waals surface area contributed by atoms with Gasteiger partial charge in [-0.15, -0.1) is 0 Å². The van der Waals surface area contributed by atoms with Crippen LogP contribution in [0.1, 0.15) is 24.1 Å². The molecular weight excluding hydrogens is 216 g/mol. The lowest BCUT2D eigenvalue weighted by molar-refractivity contribution is 0.275. The van der Waals surface area contributed by atoms with Crippen molar-refractivity contribution in [3.63, 3.8) is 0 Å². The van der Waals surface area contributed by atoms with Crippen molar-refractivity contribution >= 4 is 0 Å². The van der Waals surface area contributed by atoms with E-state index < -0.39 is 0 Å². The molecule has 0 radical (unpaired) electrons. The van der Waals surface area contributed by atoms with Gasteiger partial charge in [0, 0.05) is 25.5 Å². The van der Waals surface area contributed by atoms with Crippen LogP contribution in [-0.4, -0.2) is 32.8 Å². The van der Waals surface area contributed by atoms with Gasteiger partial charge in [-0.2, -0.15) is 5.10 Å². The summed E-state index contributed by atoms with van der Waals surface area (Å²) in [5, 5.41) is 4.29. The second-order valence-electron chi connectivity index (χ2n) is 4.53. The zero-order chi connectivity index (χ0) is 11.7. The maximum Gasteiger partial charge on any atom is 0.208 e. The van der Waals surface area contributed by atoms with Crippen LogP contribution < -0.4 is 0 Å². The zero-order valence-corrected chi connectivity index (χ0v) is 9.91. The van der Waals surface area contributed by atoms with Gasteiger partial charge in [-0.1, -0.05) is 0 Å². The molecule has 2 aromatic rings. The highest BCUT2D eigenvalue weighted by atomic mass is 16.4. The molecule has 0 spiro atoms. The summed E-state index contributed by atoms with van der Waals surface area (Å²) < 4.78 is 7.54. The molecule has 0 bridgehead atoms. The Bertz CT molecular complexity index is 476. The largest absolute Gasteiger partial charge is 0.445 e. The summed E-state index contributed by atoms with van der Waals surface area (Å²) in [5.74, 6) is 1.69. The van der Waals surface area contributed by atoms with Crippen molar-refractivity contribution in [2.75, 3.05) is 13.1 Å². The third kappa shape index (κ3) is 2.24. The molecule has 1 aliphatic rings. The fourth-order valence-electron chi connectivity index (χ4n) is 2.33. The maximum absolute atomic E-state index is 5.50. The van der Waals surface area contributed by atoms with Gasteiger partial charge < -0.3 is 4.42 Å². The topological polar surface area (TPSA) is 47.1 Å². The third-order valence-electron chi connectivity index (χ3n) is 3.17. The van der Waals surface area contributed by atoms with E-state index in [4.69, 9.17) is 4.42 Å². The van der Waals surface area contributed by atoms with Crippen LogP contribution in [0.4, 0.5) is 0 Å². The lowest BCUT2D eigenvalue weighted by Crippen LogP contribution is -2.21. The maximum atomic E-state index is 5.50. The van der Waals surface area contributed by atoms with Gasteiger partial charge in [0.2, 0.25) is 5.89 Å². The molecule has 0 aromatic carbocycles. The molecule has 2 aromatic heterocycles. The molecule has 3 rings (SSSR count). The molecule has 5 heteroatoms. The van der Waals surface area contributed by atoms with Gasteiger partial charge in [0.25, 0.3) is 0 Å². The Morgan fingerprint density at radius 2 is 2.47 bits per heavy atom. The van der Waals surface area contributed by atoms with Gasteiger partial charge in [0.15, 0.2) is 0 Å². The first-order valence-corrected chi connectivity index (χ1v) is 5.94. The van der Waals surface area contributed by atoms with Gasteiger partial charge in [-0.05, 0) is 19.4 Å². The van der Waals surface area contributed by atoms with Crippen LogP contribution >= 0.6 is 0 Å². The van der Waals surface area contributed by atoms with Crippen LogP contribution in [0.15, 0.2) is 29.1 Å². The molecule has 1 atom stereocenters. The van der Waals surface area contributed by atoms with Crippen molar-refractivity contribution in [3.8, 4) is 0 Å². The van der Waals surface area contributed by atoms with Crippen molar-refractivity contribution in [2.45, 2.75) is 25.9 Å². The summed E-state index contributed by atoms with van der Waals surface area (Å²) in [5.41, 5.74) is 0. The van der Waals surface area contributed by atoms with E-state index in [0.29, 0.717) is 6.04 Å². The minimum atomic E-state index is 0.487. The third-order valence-corrected chi connectivity index (χ3v) is 3.17. The molecule has 1 aliphatic heterocycles. The second kappa shape index (κ2) is 4.33. The smallest absolute Gasteiger partial charge is 0.208 e. The van der Waals surface area contributed by atoms with Crippen molar-refractivity contribution in [1.29, 1.82) is 0 Å². The fraction of sp³-hybridized carbons (Fsp3) is 0.500. The predicted octanol–water partition coefficient (Wildman–Crippen LogP) is 1.63. The van der Waals surface area contributed by atoms with Crippen LogP contribution in [0.3, 0.4) is 0 Å². The first-order chi connectivity index (χ1) is 8.31. The molecule has 0 N–H and O–H groups in total. The van der Waals surface area contributed by atoms with Gasteiger partial charge in [-0.25, -0.2) is 4.98 Å². The normalized spacial score (nSPS) is 21.1. The number of aromatic nitrogens is 3. The monoisotopic (exact) mass is 232 g/mol. The summed E-state index contributed by atoms with van der Waals surface area (Å²) in [6.45, 7) is 4.81. The Labute approximate surface area is 100 Å². The van der Waals surface area contributed by atoms with E-state index in [1.54, 1.807) is 6.20 Å². The molecule has 1 unspecified atom stereocenters. The quantitative estimate of drug-likeness (QED) is 0.807. The first-order valence-electron chi connectivity index (χ1n) is 5.94. The lowest BCUT2D eigenvalue weighted by Gasteiger charge is -2.13. The highest BCUT2D eigenvalue weighted by molar-refractivity contribution is 4.92. The van der Waals surface area contributed by atoms with Gasteiger partial charge >= 0.3 is 0 Å². The van der Waals surface area contributed by atoms with Crippen LogP contribution in [-0.2, 0) is 6.54 Å². The Morgan fingerprint density at radius 1 is 1.53 bits per heavy atom. The summed E-state index contributed by atoms with van der Waals surface area (Å²) in [4.78, 5) is 6.60. The number of aryl methyl sites for hydroxylation is 1. The SMILES string of the molecule is Cc1cnc(CN2CCC(n3cccn3)C2)o1. The summed E-state index contributed by atoms with van der Waals surface area (Å²) in [7, 11) is 0. The second-order valence-corrected chi connectivity index (χ2v) is 4.53. The molecule has 5 nitrogen and oxygen atoms in total.